The minimum Gasteiger partial charge on any atom is -0.480 e. The highest BCUT2D eigenvalue weighted by Crippen LogP contribution is 2.11. The maximum Gasteiger partial charge on any atom is 0.326 e. The highest BCUT2D eigenvalue weighted by molar-refractivity contribution is 5.83. The van der Waals surface area contributed by atoms with E-state index in [0.29, 0.717) is 13.1 Å². The standard InChI is InChI=1S/C12H21N3O5/c1-7-5-15(6-8(2)20-7)12(19)14-9(11(17)18)3-4-10(13)16/h7-9H,3-6H2,1-2H3,(H2,13,16)(H,14,19)(H,17,18)/t7-,8+,9-/m0/s1. The van der Waals surface area contributed by atoms with Crippen molar-refractivity contribution in [3.8, 4) is 0 Å². The summed E-state index contributed by atoms with van der Waals surface area (Å²) in [5.41, 5.74) is 4.98. The molecule has 1 fully saturated rings. The van der Waals surface area contributed by atoms with Gasteiger partial charge in [0.05, 0.1) is 12.2 Å². The van der Waals surface area contributed by atoms with Gasteiger partial charge in [-0.1, -0.05) is 0 Å². The Balaban J connectivity index is 2.56. The van der Waals surface area contributed by atoms with Crippen LogP contribution in [0.4, 0.5) is 4.79 Å². The summed E-state index contributed by atoms with van der Waals surface area (Å²) in [6.07, 6.45) is -0.309. The lowest BCUT2D eigenvalue weighted by Crippen LogP contribution is -2.54. The number of carbonyl (C=O) groups is 3. The summed E-state index contributed by atoms with van der Waals surface area (Å²) in [6, 6.07) is -1.59. The van der Waals surface area contributed by atoms with Gasteiger partial charge in [0.1, 0.15) is 6.04 Å². The number of nitrogens with one attached hydrogen (secondary N) is 1. The van der Waals surface area contributed by atoms with Gasteiger partial charge in [-0.05, 0) is 20.3 Å². The summed E-state index contributed by atoms with van der Waals surface area (Å²) in [4.78, 5) is 35.3. The summed E-state index contributed by atoms with van der Waals surface area (Å²) in [5, 5.41) is 11.4. The van der Waals surface area contributed by atoms with E-state index in [2.05, 4.69) is 5.32 Å². The van der Waals surface area contributed by atoms with Crippen LogP contribution in [0.25, 0.3) is 0 Å². The van der Waals surface area contributed by atoms with Crippen LogP contribution >= 0.6 is 0 Å². The average molecular weight is 287 g/mol. The van der Waals surface area contributed by atoms with Crippen molar-refractivity contribution in [1.29, 1.82) is 0 Å². The van der Waals surface area contributed by atoms with Gasteiger partial charge in [0, 0.05) is 19.5 Å². The fourth-order valence-electron chi connectivity index (χ4n) is 2.13. The second-order valence-corrected chi connectivity index (χ2v) is 5.01. The van der Waals surface area contributed by atoms with Crippen molar-refractivity contribution < 1.29 is 24.2 Å². The zero-order chi connectivity index (χ0) is 15.3. The van der Waals surface area contributed by atoms with Crippen LogP contribution in [0.3, 0.4) is 0 Å². The number of nitrogens with two attached hydrogens (primary N) is 1. The quantitative estimate of drug-likeness (QED) is 0.630. The zero-order valence-corrected chi connectivity index (χ0v) is 11.7. The first kappa shape index (κ1) is 16.2. The van der Waals surface area contributed by atoms with Gasteiger partial charge in [0.15, 0.2) is 0 Å². The number of hydrogen-bond donors (Lipinski definition) is 3. The predicted molar refractivity (Wildman–Crippen MR) is 70.0 cm³/mol. The molecule has 0 radical (unpaired) electrons. The normalized spacial score (nSPS) is 24.0. The number of rotatable bonds is 5. The van der Waals surface area contributed by atoms with E-state index in [1.54, 1.807) is 0 Å². The number of amides is 3. The molecular weight excluding hydrogens is 266 g/mol. The highest BCUT2D eigenvalue weighted by Gasteiger charge is 2.28. The number of nitrogens with zero attached hydrogens (tertiary/aromatic N) is 1. The molecule has 4 N–H and O–H groups in total. The van der Waals surface area contributed by atoms with Crippen molar-refractivity contribution in [3.05, 3.63) is 0 Å². The molecule has 20 heavy (non-hydrogen) atoms. The number of carbonyl (C=O) groups excluding carboxylic acids is 2. The highest BCUT2D eigenvalue weighted by atomic mass is 16.5. The molecule has 1 aliphatic rings. The third kappa shape index (κ3) is 5.04. The Labute approximate surface area is 117 Å². The average Bonchev–Trinajstić information content (AvgIpc) is 2.32. The molecule has 0 bridgehead atoms. The van der Waals surface area contributed by atoms with Gasteiger partial charge in [-0.3, -0.25) is 4.79 Å². The Morgan fingerprint density at radius 1 is 1.35 bits per heavy atom. The van der Waals surface area contributed by atoms with E-state index in [0.717, 1.165) is 0 Å². The molecule has 0 unspecified atom stereocenters. The van der Waals surface area contributed by atoms with Crippen LogP contribution in [0.1, 0.15) is 26.7 Å². The Hall–Kier alpha value is -1.83. The maximum absolute atomic E-state index is 12.0. The molecule has 0 saturated carbocycles. The number of hydrogen-bond acceptors (Lipinski definition) is 4. The minimum atomic E-state index is -1.19. The predicted octanol–water partition coefficient (Wildman–Crippen LogP) is -0.476. The van der Waals surface area contributed by atoms with Gasteiger partial charge in [-0.15, -0.1) is 0 Å². The van der Waals surface area contributed by atoms with Crippen molar-refractivity contribution in [2.45, 2.75) is 44.9 Å². The molecule has 0 aromatic carbocycles. The van der Waals surface area contributed by atoms with Crippen molar-refractivity contribution >= 4 is 17.9 Å². The van der Waals surface area contributed by atoms with Gasteiger partial charge in [0.2, 0.25) is 5.91 Å². The molecule has 3 atom stereocenters. The second-order valence-electron chi connectivity index (χ2n) is 5.01. The number of morpholine rings is 1. The summed E-state index contributed by atoms with van der Waals surface area (Å²) in [7, 11) is 0. The van der Waals surface area contributed by atoms with Gasteiger partial charge in [-0.25, -0.2) is 9.59 Å². The van der Waals surface area contributed by atoms with Crippen molar-refractivity contribution in [2.75, 3.05) is 13.1 Å². The Morgan fingerprint density at radius 3 is 2.35 bits per heavy atom. The lowest BCUT2D eigenvalue weighted by Gasteiger charge is -2.35. The molecule has 1 heterocycles. The first-order valence-electron chi connectivity index (χ1n) is 6.51. The van der Waals surface area contributed by atoms with Crippen LogP contribution in [0.2, 0.25) is 0 Å². The lowest BCUT2D eigenvalue weighted by atomic mass is 10.1. The molecule has 1 aliphatic heterocycles. The number of primary amides is 1. The molecule has 8 heteroatoms. The fraction of sp³-hybridized carbons (Fsp3) is 0.750. The van der Waals surface area contributed by atoms with Gasteiger partial charge in [0.25, 0.3) is 0 Å². The van der Waals surface area contributed by atoms with E-state index in [1.807, 2.05) is 13.8 Å². The number of carboxylic acids is 1. The molecule has 0 aromatic rings. The fourth-order valence-corrected chi connectivity index (χ4v) is 2.13. The van der Waals surface area contributed by atoms with Crippen molar-refractivity contribution in [2.24, 2.45) is 5.73 Å². The third-order valence-electron chi connectivity index (χ3n) is 2.98. The second kappa shape index (κ2) is 7.09. The largest absolute Gasteiger partial charge is 0.480 e. The van der Waals surface area contributed by atoms with E-state index >= 15 is 0 Å². The molecule has 1 saturated heterocycles. The van der Waals surface area contributed by atoms with Crippen LogP contribution in [0, 0.1) is 0 Å². The topological polar surface area (TPSA) is 122 Å². The molecule has 0 aliphatic carbocycles. The third-order valence-corrected chi connectivity index (χ3v) is 2.98. The van der Waals surface area contributed by atoms with Crippen LogP contribution < -0.4 is 11.1 Å². The van der Waals surface area contributed by atoms with E-state index in [4.69, 9.17) is 15.6 Å². The summed E-state index contributed by atoms with van der Waals surface area (Å²) >= 11 is 0. The molecule has 0 spiro atoms. The Kier molecular flexibility index (Phi) is 5.75. The Bertz CT molecular complexity index is 377. The zero-order valence-electron chi connectivity index (χ0n) is 11.7. The van der Waals surface area contributed by atoms with E-state index in [1.165, 1.54) is 4.90 Å². The van der Waals surface area contributed by atoms with Gasteiger partial charge >= 0.3 is 12.0 Å². The van der Waals surface area contributed by atoms with Crippen LogP contribution in [0.5, 0.6) is 0 Å². The minimum absolute atomic E-state index is 0.0220. The van der Waals surface area contributed by atoms with Gasteiger partial charge < -0.3 is 25.8 Å². The summed E-state index contributed by atoms with van der Waals surface area (Å²) < 4.78 is 5.50. The molecular formula is C12H21N3O5. The number of aliphatic carboxylic acids is 1. The first-order valence-corrected chi connectivity index (χ1v) is 6.51. The van der Waals surface area contributed by atoms with Gasteiger partial charge in [-0.2, -0.15) is 0 Å². The van der Waals surface area contributed by atoms with Crippen LogP contribution in [-0.4, -0.2) is 59.3 Å². The molecule has 0 aromatic heterocycles. The monoisotopic (exact) mass is 287 g/mol. The number of ether oxygens (including phenoxy) is 1. The number of urea groups is 1. The number of carboxylic acid groups (broad SMARTS) is 1. The van der Waals surface area contributed by atoms with Crippen LogP contribution in [0.15, 0.2) is 0 Å². The first-order chi connectivity index (χ1) is 9.29. The van der Waals surface area contributed by atoms with E-state index in [9.17, 15) is 14.4 Å². The molecule has 3 amide bonds. The maximum atomic E-state index is 12.0. The smallest absolute Gasteiger partial charge is 0.326 e. The lowest BCUT2D eigenvalue weighted by molar-refractivity contribution is -0.139. The van der Waals surface area contributed by atoms with E-state index < -0.39 is 23.9 Å². The molecule has 114 valence electrons. The Morgan fingerprint density at radius 2 is 1.90 bits per heavy atom. The SMILES string of the molecule is C[C@@H]1CN(C(=O)N[C@@H](CCC(N)=O)C(=O)O)C[C@H](C)O1. The summed E-state index contributed by atoms with van der Waals surface area (Å²) in [6.45, 7) is 4.49. The summed E-state index contributed by atoms with van der Waals surface area (Å²) in [5.74, 6) is -1.78. The molecule has 8 nitrogen and oxygen atoms in total. The van der Waals surface area contributed by atoms with Crippen molar-refractivity contribution in [1.82, 2.24) is 10.2 Å². The van der Waals surface area contributed by atoms with E-state index in [-0.39, 0.29) is 25.0 Å². The van der Waals surface area contributed by atoms with Crippen LogP contribution in [-0.2, 0) is 14.3 Å². The van der Waals surface area contributed by atoms with Crippen molar-refractivity contribution in [3.63, 3.8) is 0 Å². The molecule has 1 rings (SSSR count).